The van der Waals surface area contributed by atoms with E-state index in [4.69, 9.17) is 4.74 Å². The van der Waals surface area contributed by atoms with Crippen LogP contribution < -0.4 is 0 Å². The van der Waals surface area contributed by atoms with Crippen LogP contribution in [0.4, 0.5) is 4.79 Å². The second-order valence-electron chi connectivity index (χ2n) is 6.97. The summed E-state index contributed by atoms with van der Waals surface area (Å²) in [7, 11) is 0. The fraction of sp³-hybridized carbons (Fsp3) is 0.529. The highest BCUT2D eigenvalue weighted by molar-refractivity contribution is 5.95. The Morgan fingerprint density at radius 3 is 2.48 bits per heavy atom. The molecule has 1 aromatic carbocycles. The summed E-state index contributed by atoms with van der Waals surface area (Å²) in [6, 6.07) is 7.92. The van der Waals surface area contributed by atoms with Gasteiger partial charge in [0.25, 0.3) is 0 Å². The maximum absolute atomic E-state index is 12.4. The molecule has 21 heavy (non-hydrogen) atoms. The van der Waals surface area contributed by atoms with Gasteiger partial charge in [-0.15, -0.1) is 0 Å². The van der Waals surface area contributed by atoms with Crippen LogP contribution in [0.5, 0.6) is 0 Å². The molecule has 4 heteroatoms. The van der Waals surface area contributed by atoms with E-state index in [0.29, 0.717) is 12.3 Å². The predicted molar refractivity (Wildman–Crippen MR) is 78.8 cm³/mol. The lowest BCUT2D eigenvalue weighted by Gasteiger charge is -2.27. The number of rotatable bonds is 0. The van der Waals surface area contributed by atoms with Crippen LogP contribution in [0.25, 0.3) is 0 Å². The molecule has 3 atom stereocenters. The van der Waals surface area contributed by atoms with Crippen LogP contribution in [-0.2, 0) is 9.53 Å². The van der Waals surface area contributed by atoms with Gasteiger partial charge in [0, 0.05) is 6.42 Å². The third kappa shape index (κ3) is 2.23. The molecule has 1 saturated heterocycles. The molecule has 112 valence electrons. The third-order valence-electron chi connectivity index (χ3n) is 4.40. The Labute approximate surface area is 125 Å². The first kappa shape index (κ1) is 14.1. The molecule has 0 aromatic heterocycles. The van der Waals surface area contributed by atoms with Crippen molar-refractivity contribution in [3.05, 3.63) is 35.4 Å². The Morgan fingerprint density at radius 2 is 1.86 bits per heavy atom. The van der Waals surface area contributed by atoms with E-state index in [9.17, 15) is 9.59 Å². The molecule has 0 bridgehead atoms. The summed E-state index contributed by atoms with van der Waals surface area (Å²) in [6.07, 6.45) is -0.108. The van der Waals surface area contributed by atoms with Crippen molar-refractivity contribution in [3.63, 3.8) is 0 Å². The van der Waals surface area contributed by atoms with Crippen LogP contribution in [0, 0.1) is 5.92 Å². The van der Waals surface area contributed by atoms with Crippen molar-refractivity contribution < 1.29 is 14.3 Å². The van der Waals surface area contributed by atoms with Crippen molar-refractivity contribution >= 4 is 12.0 Å². The fourth-order valence-electron chi connectivity index (χ4n) is 3.53. The van der Waals surface area contributed by atoms with Gasteiger partial charge < -0.3 is 4.74 Å². The number of carbonyl (C=O) groups excluding carboxylic acids is 2. The van der Waals surface area contributed by atoms with Gasteiger partial charge in [0.05, 0.1) is 6.04 Å². The molecule has 0 radical (unpaired) electrons. The Hall–Kier alpha value is -1.84. The summed E-state index contributed by atoms with van der Waals surface area (Å²) >= 11 is 0. The minimum absolute atomic E-state index is 0.124. The molecule has 1 aromatic rings. The van der Waals surface area contributed by atoms with Crippen molar-refractivity contribution in [2.75, 3.05) is 0 Å². The van der Waals surface area contributed by atoms with E-state index < -0.39 is 11.7 Å². The summed E-state index contributed by atoms with van der Waals surface area (Å²) in [6.45, 7) is 7.58. The third-order valence-corrected chi connectivity index (χ3v) is 4.40. The zero-order valence-corrected chi connectivity index (χ0v) is 12.9. The Bertz CT molecular complexity index is 602. The van der Waals surface area contributed by atoms with E-state index in [1.165, 1.54) is 10.5 Å². The highest BCUT2D eigenvalue weighted by Gasteiger charge is 2.52. The first-order valence-corrected chi connectivity index (χ1v) is 7.43. The van der Waals surface area contributed by atoms with Crippen LogP contribution in [0.15, 0.2) is 24.3 Å². The highest BCUT2D eigenvalue weighted by Crippen LogP contribution is 2.53. The molecule has 0 N–H and O–H groups in total. The van der Waals surface area contributed by atoms with Gasteiger partial charge in [0.1, 0.15) is 5.60 Å². The van der Waals surface area contributed by atoms with Crippen molar-refractivity contribution in [1.82, 2.24) is 4.90 Å². The Balaban J connectivity index is 1.96. The summed E-state index contributed by atoms with van der Waals surface area (Å²) in [5.74, 6) is 0.339. The number of nitrogens with zero attached hydrogens (tertiary/aromatic N) is 1. The lowest BCUT2D eigenvalue weighted by atomic mass is 9.92. The van der Waals surface area contributed by atoms with Crippen molar-refractivity contribution in [1.29, 1.82) is 0 Å². The van der Waals surface area contributed by atoms with Crippen LogP contribution in [-0.4, -0.2) is 22.5 Å². The minimum Gasteiger partial charge on any atom is -0.443 e. The molecule has 2 amide bonds. The lowest BCUT2D eigenvalue weighted by molar-refractivity contribution is -0.128. The highest BCUT2D eigenvalue weighted by atomic mass is 16.6. The summed E-state index contributed by atoms with van der Waals surface area (Å²) in [5, 5.41) is 0. The molecule has 0 spiro atoms. The largest absolute Gasteiger partial charge is 0.443 e. The molecule has 1 aliphatic heterocycles. The lowest BCUT2D eigenvalue weighted by Crippen LogP contribution is -2.39. The van der Waals surface area contributed by atoms with Gasteiger partial charge in [-0.25, -0.2) is 9.69 Å². The van der Waals surface area contributed by atoms with Gasteiger partial charge in [0.15, 0.2) is 0 Å². The van der Waals surface area contributed by atoms with E-state index >= 15 is 0 Å². The molecule has 3 rings (SSSR count). The molecule has 4 nitrogen and oxygen atoms in total. The summed E-state index contributed by atoms with van der Waals surface area (Å²) in [5.41, 5.74) is 1.74. The maximum atomic E-state index is 12.4. The number of amides is 2. The van der Waals surface area contributed by atoms with Gasteiger partial charge in [-0.1, -0.05) is 31.2 Å². The maximum Gasteiger partial charge on any atom is 0.417 e. The topological polar surface area (TPSA) is 46.6 Å². The number of imide groups is 1. The number of benzene rings is 1. The second kappa shape index (κ2) is 4.58. The molecule has 3 unspecified atom stereocenters. The van der Waals surface area contributed by atoms with Crippen LogP contribution in [0.2, 0.25) is 0 Å². The average molecular weight is 287 g/mol. The van der Waals surface area contributed by atoms with Gasteiger partial charge >= 0.3 is 6.09 Å². The second-order valence-corrected chi connectivity index (χ2v) is 6.97. The number of hydrogen-bond acceptors (Lipinski definition) is 3. The van der Waals surface area contributed by atoms with Gasteiger partial charge in [0.2, 0.25) is 5.91 Å². The van der Waals surface area contributed by atoms with E-state index in [1.54, 1.807) is 0 Å². The zero-order chi connectivity index (χ0) is 15.4. The van der Waals surface area contributed by atoms with Crippen molar-refractivity contribution in [2.24, 2.45) is 5.92 Å². The average Bonchev–Trinajstić information content (AvgIpc) is 2.84. The predicted octanol–water partition coefficient (Wildman–Crippen LogP) is 3.63. The smallest absolute Gasteiger partial charge is 0.417 e. The van der Waals surface area contributed by atoms with E-state index in [2.05, 4.69) is 13.0 Å². The molecular formula is C17H21NO3. The summed E-state index contributed by atoms with van der Waals surface area (Å²) in [4.78, 5) is 26.0. The SMILES string of the molecule is CC1c2ccccc2C2C1CC(=O)N2C(=O)OC(C)(C)C. The Morgan fingerprint density at radius 1 is 1.24 bits per heavy atom. The van der Waals surface area contributed by atoms with Crippen molar-refractivity contribution in [2.45, 2.75) is 51.7 Å². The van der Waals surface area contributed by atoms with E-state index in [1.807, 2.05) is 39.0 Å². The number of carbonyl (C=O) groups is 2. The normalized spacial score (nSPS) is 27.5. The number of likely N-dealkylation sites (tertiary alicyclic amines) is 1. The Kier molecular flexibility index (Phi) is 3.08. The molecule has 0 saturated carbocycles. The fourth-order valence-corrected chi connectivity index (χ4v) is 3.53. The van der Waals surface area contributed by atoms with Gasteiger partial charge in [-0.05, 0) is 43.7 Å². The first-order valence-electron chi connectivity index (χ1n) is 7.43. The van der Waals surface area contributed by atoms with E-state index in [-0.39, 0.29) is 17.9 Å². The molecule has 1 fully saturated rings. The molecule has 2 aliphatic rings. The van der Waals surface area contributed by atoms with Gasteiger partial charge in [-0.2, -0.15) is 0 Å². The number of hydrogen-bond donors (Lipinski definition) is 0. The standard InChI is InChI=1S/C17H21NO3/c1-10-11-7-5-6-8-12(11)15-13(10)9-14(19)18(15)16(20)21-17(2,3)4/h5-8,10,13,15H,9H2,1-4H3. The monoisotopic (exact) mass is 287 g/mol. The van der Waals surface area contributed by atoms with Gasteiger partial charge in [-0.3, -0.25) is 4.79 Å². The molecule has 1 aliphatic carbocycles. The quantitative estimate of drug-likeness (QED) is 0.732. The summed E-state index contributed by atoms with van der Waals surface area (Å²) < 4.78 is 5.42. The van der Waals surface area contributed by atoms with Crippen LogP contribution in [0.1, 0.15) is 57.2 Å². The van der Waals surface area contributed by atoms with Crippen molar-refractivity contribution in [3.8, 4) is 0 Å². The number of ether oxygens (including phenoxy) is 1. The minimum atomic E-state index is -0.598. The first-order chi connectivity index (χ1) is 9.79. The number of fused-ring (bicyclic) bond motifs is 3. The van der Waals surface area contributed by atoms with Crippen LogP contribution >= 0.6 is 0 Å². The van der Waals surface area contributed by atoms with Crippen LogP contribution in [0.3, 0.4) is 0 Å². The molecule has 1 heterocycles. The molecular weight excluding hydrogens is 266 g/mol. The van der Waals surface area contributed by atoms with E-state index in [0.717, 1.165) is 5.56 Å². The zero-order valence-electron chi connectivity index (χ0n) is 12.9.